The van der Waals surface area contributed by atoms with Crippen molar-refractivity contribution in [1.29, 1.82) is 0 Å². The van der Waals surface area contributed by atoms with E-state index in [1.54, 1.807) is 11.9 Å². The molecule has 34 heavy (non-hydrogen) atoms. The van der Waals surface area contributed by atoms with Crippen LogP contribution in [0.3, 0.4) is 0 Å². The van der Waals surface area contributed by atoms with E-state index in [1.165, 1.54) is 32.0 Å². The molecule has 12 heteroatoms. The average Bonchev–Trinajstić information content (AvgIpc) is 2.76. The second-order valence-electron chi connectivity index (χ2n) is 8.30. The quantitative estimate of drug-likeness (QED) is 0.306. The molecule has 0 saturated carbocycles. The molecule has 1 aliphatic heterocycles. The van der Waals surface area contributed by atoms with Crippen LogP contribution in [-0.4, -0.2) is 85.1 Å². The van der Waals surface area contributed by atoms with E-state index < -0.39 is 47.8 Å². The Morgan fingerprint density at radius 3 is 2.50 bits per heavy atom. The Kier molecular flexibility index (Phi) is 9.98. The maximum absolute atomic E-state index is 13.4. The van der Waals surface area contributed by atoms with Crippen molar-refractivity contribution >= 4 is 17.6 Å². The van der Waals surface area contributed by atoms with E-state index in [1.807, 2.05) is 0 Å². The van der Waals surface area contributed by atoms with Crippen LogP contribution in [0, 0.1) is 0 Å². The van der Waals surface area contributed by atoms with Crippen LogP contribution in [0.25, 0.3) is 0 Å². The van der Waals surface area contributed by atoms with Gasteiger partial charge in [0.05, 0.1) is 17.7 Å². The first kappa shape index (κ1) is 27.7. The van der Waals surface area contributed by atoms with Gasteiger partial charge in [-0.2, -0.15) is 13.2 Å². The number of aliphatic hydroxyl groups excluding tert-OH is 1. The van der Waals surface area contributed by atoms with E-state index in [4.69, 9.17) is 0 Å². The van der Waals surface area contributed by atoms with Gasteiger partial charge in [0, 0.05) is 32.7 Å². The summed E-state index contributed by atoms with van der Waals surface area (Å²) in [7, 11) is 1.61. The van der Waals surface area contributed by atoms with Crippen molar-refractivity contribution in [1.82, 2.24) is 26.2 Å². The van der Waals surface area contributed by atoms with Crippen LogP contribution in [0.5, 0.6) is 0 Å². The van der Waals surface area contributed by atoms with E-state index in [0.29, 0.717) is 13.1 Å². The molecular weight excluding hydrogens is 455 g/mol. The second kappa shape index (κ2) is 12.2. The molecular formula is C22H32F3N5O4. The Labute approximate surface area is 196 Å². The number of halogens is 3. The van der Waals surface area contributed by atoms with Gasteiger partial charge in [-0.15, -0.1) is 0 Å². The number of ketones is 1. The summed E-state index contributed by atoms with van der Waals surface area (Å²) >= 11 is 0. The molecule has 1 saturated heterocycles. The minimum Gasteiger partial charge on any atom is -0.391 e. The summed E-state index contributed by atoms with van der Waals surface area (Å²) in [5, 5.41) is 20.9. The van der Waals surface area contributed by atoms with Crippen molar-refractivity contribution in [3.8, 4) is 0 Å². The normalized spacial score (nSPS) is 19.7. The number of hydrogen-bond acceptors (Lipinski definition) is 7. The molecule has 0 aliphatic carbocycles. The largest absolute Gasteiger partial charge is 0.416 e. The van der Waals surface area contributed by atoms with E-state index >= 15 is 0 Å². The van der Waals surface area contributed by atoms with Crippen molar-refractivity contribution in [2.45, 2.75) is 50.8 Å². The Morgan fingerprint density at radius 1 is 1.24 bits per heavy atom. The third kappa shape index (κ3) is 7.49. The highest BCUT2D eigenvalue weighted by Gasteiger charge is 2.37. The van der Waals surface area contributed by atoms with Gasteiger partial charge in [0.25, 0.3) is 0 Å². The van der Waals surface area contributed by atoms with Gasteiger partial charge in [-0.3, -0.25) is 19.3 Å². The van der Waals surface area contributed by atoms with Gasteiger partial charge in [-0.25, -0.2) is 0 Å². The first-order valence-corrected chi connectivity index (χ1v) is 11.0. The summed E-state index contributed by atoms with van der Waals surface area (Å²) in [6, 6.07) is 2.12. The minimum absolute atomic E-state index is 0.0379. The van der Waals surface area contributed by atoms with Crippen molar-refractivity contribution in [3.63, 3.8) is 0 Å². The average molecular weight is 488 g/mol. The molecule has 190 valence electrons. The lowest BCUT2D eigenvalue weighted by molar-refractivity contribution is -0.139. The monoisotopic (exact) mass is 487 g/mol. The fourth-order valence-electron chi connectivity index (χ4n) is 3.76. The summed E-state index contributed by atoms with van der Waals surface area (Å²) in [6.07, 6.45) is -5.81. The van der Waals surface area contributed by atoms with Crippen LogP contribution in [0.1, 0.15) is 25.0 Å². The number of piperazine rings is 1. The lowest BCUT2D eigenvalue weighted by Crippen LogP contribution is -2.62. The van der Waals surface area contributed by atoms with E-state index in [9.17, 15) is 32.7 Å². The molecule has 0 radical (unpaired) electrons. The van der Waals surface area contributed by atoms with Crippen LogP contribution >= 0.6 is 0 Å². The summed E-state index contributed by atoms with van der Waals surface area (Å²) < 4.78 is 40.2. The Balaban J connectivity index is 2.16. The molecule has 1 aromatic rings. The summed E-state index contributed by atoms with van der Waals surface area (Å²) in [5.41, 5.74) is -0.732. The summed E-state index contributed by atoms with van der Waals surface area (Å²) in [4.78, 5) is 39.1. The maximum atomic E-state index is 13.4. The van der Waals surface area contributed by atoms with Crippen LogP contribution in [0.15, 0.2) is 24.3 Å². The first-order chi connectivity index (χ1) is 16.0. The maximum Gasteiger partial charge on any atom is 0.416 e. The van der Waals surface area contributed by atoms with Gasteiger partial charge < -0.3 is 26.4 Å². The van der Waals surface area contributed by atoms with Gasteiger partial charge in [0.1, 0.15) is 12.1 Å². The lowest BCUT2D eigenvalue weighted by Gasteiger charge is -2.36. The Morgan fingerprint density at radius 2 is 1.91 bits per heavy atom. The van der Waals surface area contributed by atoms with Crippen LogP contribution in [-0.2, 0) is 27.1 Å². The lowest BCUT2D eigenvalue weighted by atomic mass is 10.0. The smallest absolute Gasteiger partial charge is 0.391 e. The number of nitrogens with zero attached hydrogens (tertiary/aromatic N) is 1. The van der Waals surface area contributed by atoms with Gasteiger partial charge in [0.15, 0.2) is 5.78 Å². The molecule has 2 rings (SSSR count). The van der Waals surface area contributed by atoms with Crippen molar-refractivity contribution < 1.29 is 32.7 Å². The predicted octanol–water partition coefficient (Wildman–Crippen LogP) is -0.362. The molecule has 1 fully saturated rings. The fourth-order valence-corrected chi connectivity index (χ4v) is 3.76. The number of nitrogens with one attached hydrogen (secondary N) is 4. The third-order valence-electron chi connectivity index (χ3n) is 5.63. The highest BCUT2D eigenvalue weighted by Crippen LogP contribution is 2.32. The van der Waals surface area contributed by atoms with Crippen molar-refractivity contribution in [2.75, 3.05) is 33.2 Å². The number of aliphatic hydroxyl groups is 1. The molecule has 5 N–H and O–H groups in total. The van der Waals surface area contributed by atoms with Gasteiger partial charge in [-0.1, -0.05) is 18.2 Å². The van der Waals surface area contributed by atoms with Crippen LogP contribution in [0.4, 0.5) is 13.2 Å². The third-order valence-corrected chi connectivity index (χ3v) is 5.63. The van der Waals surface area contributed by atoms with E-state index in [0.717, 1.165) is 6.07 Å². The minimum atomic E-state index is -4.53. The van der Waals surface area contributed by atoms with Gasteiger partial charge in [0.2, 0.25) is 11.8 Å². The zero-order chi connectivity index (χ0) is 25.5. The Hall–Kier alpha value is -2.54. The molecule has 0 aromatic heterocycles. The molecule has 4 atom stereocenters. The van der Waals surface area contributed by atoms with Crippen molar-refractivity contribution in [3.05, 3.63) is 35.4 Å². The van der Waals surface area contributed by atoms with Crippen LogP contribution < -0.4 is 21.3 Å². The molecule has 0 unspecified atom stereocenters. The highest BCUT2D eigenvalue weighted by molar-refractivity contribution is 5.93. The molecule has 9 nitrogen and oxygen atoms in total. The number of benzene rings is 1. The number of Topliss-reactive ketones (excluding diaryl/α,β-unsaturated/α-hetero) is 1. The SMILES string of the molecule is CNC[C@H](NC(=O)[C@@H](NC(=O)[C@@H]1CNCCN1Cc1ccccc1C(F)(F)F)[C@H](C)O)C(C)=O. The number of carbonyl (C=O) groups excluding carboxylic acids is 3. The number of alkyl halides is 3. The molecule has 1 heterocycles. The molecule has 0 spiro atoms. The van der Waals surface area contributed by atoms with Crippen LogP contribution in [0.2, 0.25) is 0 Å². The molecule has 0 bridgehead atoms. The Bertz CT molecular complexity index is 865. The number of carbonyl (C=O) groups is 3. The molecule has 1 aliphatic rings. The van der Waals surface area contributed by atoms with E-state index in [2.05, 4.69) is 21.3 Å². The predicted molar refractivity (Wildman–Crippen MR) is 119 cm³/mol. The second-order valence-corrected chi connectivity index (χ2v) is 8.30. The zero-order valence-electron chi connectivity index (χ0n) is 19.4. The molecule has 1 aromatic carbocycles. The van der Waals surface area contributed by atoms with E-state index in [-0.39, 0.29) is 31.0 Å². The van der Waals surface area contributed by atoms with Gasteiger partial charge in [-0.05, 0) is 32.5 Å². The molecule has 2 amide bonds. The summed E-state index contributed by atoms with van der Waals surface area (Å²) in [6.45, 7) is 3.62. The number of rotatable bonds is 10. The summed E-state index contributed by atoms with van der Waals surface area (Å²) in [5.74, 6) is -1.66. The standard InChI is InChI=1S/C22H32F3N5O4/c1-13(31)17(10-26-3)28-21(34)19(14(2)32)29-20(33)18-11-27-8-9-30(18)12-15-6-4-5-7-16(15)22(23,24)25/h4-7,14,17-19,26-27,32H,8-12H2,1-3H3,(H,28,34)(H,29,33)/t14-,17-,18-,19-/m0/s1. The number of likely N-dealkylation sites (N-methyl/N-ethyl adjacent to an activating group) is 1. The topological polar surface area (TPSA) is 123 Å². The number of amides is 2. The number of hydrogen-bond donors (Lipinski definition) is 5. The zero-order valence-corrected chi connectivity index (χ0v) is 19.4. The fraction of sp³-hybridized carbons (Fsp3) is 0.591. The highest BCUT2D eigenvalue weighted by atomic mass is 19.4. The van der Waals surface area contributed by atoms with Gasteiger partial charge >= 0.3 is 6.18 Å². The van der Waals surface area contributed by atoms with Crippen molar-refractivity contribution in [2.24, 2.45) is 0 Å². The first-order valence-electron chi connectivity index (χ1n) is 11.0.